The van der Waals surface area contributed by atoms with Crippen molar-refractivity contribution in [2.75, 3.05) is 5.32 Å². The van der Waals surface area contributed by atoms with Crippen LogP contribution in [-0.2, 0) is 6.54 Å². The highest BCUT2D eigenvalue weighted by atomic mass is 19.1. The van der Waals surface area contributed by atoms with Crippen LogP contribution in [0.1, 0.15) is 15.9 Å². The van der Waals surface area contributed by atoms with Gasteiger partial charge in [0.2, 0.25) is 0 Å². The molecule has 2 rings (SSSR count). The van der Waals surface area contributed by atoms with Crippen molar-refractivity contribution >= 4 is 11.7 Å². The molecule has 4 nitrogen and oxygen atoms in total. The highest BCUT2D eigenvalue weighted by Crippen LogP contribution is 2.22. The van der Waals surface area contributed by atoms with E-state index in [0.717, 1.165) is 12.1 Å². The SMILES string of the molecule is O=C(O)c1ccccc1NCc1cc(F)c(O)c(F)c1. The van der Waals surface area contributed by atoms with E-state index >= 15 is 0 Å². The molecule has 0 saturated carbocycles. The zero-order valence-corrected chi connectivity index (χ0v) is 10.2. The third-order valence-electron chi connectivity index (χ3n) is 2.72. The molecular weight excluding hydrogens is 268 g/mol. The maximum atomic E-state index is 13.2. The van der Waals surface area contributed by atoms with Crippen molar-refractivity contribution in [3.05, 3.63) is 59.2 Å². The van der Waals surface area contributed by atoms with Crippen LogP contribution in [0.2, 0.25) is 0 Å². The number of carbonyl (C=O) groups is 1. The molecule has 3 N–H and O–H groups in total. The van der Waals surface area contributed by atoms with Crippen LogP contribution in [0.4, 0.5) is 14.5 Å². The van der Waals surface area contributed by atoms with Gasteiger partial charge in [0.15, 0.2) is 17.4 Å². The maximum Gasteiger partial charge on any atom is 0.337 e. The van der Waals surface area contributed by atoms with Crippen molar-refractivity contribution in [3.8, 4) is 5.75 Å². The van der Waals surface area contributed by atoms with Crippen LogP contribution in [0.25, 0.3) is 0 Å². The van der Waals surface area contributed by atoms with Crippen LogP contribution in [-0.4, -0.2) is 16.2 Å². The average molecular weight is 279 g/mol. The fourth-order valence-corrected chi connectivity index (χ4v) is 1.74. The molecule has 0 bridgehead atoms. The van der Waals surface area contributed by atoms with Gasteiger partial charge in [0.1, 0.15) is 0 Å². The molecule has 0 aliphatic heterocycles. The van der Waals surface area contributed by atoms with E-state index in [4.69, 9.17) is 10.2 Å². The summed E-state index contributed by atoms with van der Waals surface area (Å²) in [6.07, 6.45) is 0. The molecule has 0 radical (unpaired) electrons. The molecule has 0 amide bonds. The zero-order chi connectivity index (χ0) is 14.7. The van der Waals surface area contributed by atoms with Crippen molar-refractivity contribution in [3.63, 3.8) is 0 Å². The number of hydrogen-bond donors (Lipinski definition) is 3. The third-order valence-corrected chi connectivity index (χ3v) is 2.72. The van der Waals surface area contributed by atoms with Crippen molar-refractivity contribution in [1.82, 2.24) is 0 Å². The maximum absolute atomic E-state index is 13.2. The first-order valence-electron chi connectivity index (χ1n) is 5.72. The number of phenols is 1. The van der Waals surface area contributed by atoms with Gasteiger partial charge in [-0.2, -0.15) is 0 Å². The molecule has 0 unspecified atom stereocenters. The highest BCUT2D eigenvalue weighted by molar-refractivity contribution is 5.94. The Bertz CT molecular complexity index is 636. The van der Waals surface area contributed by atoms with Crippen LogP contribution in [0, 0.1) is 11.6 Å². The minimum absolute atomic E-state index is 0.0262. The predicted octanol–water partition coefficient (Wildman–Crippen LogP) is 2.98. The van der Waals surface area contributed by atoms with Gasteiger partial charge in [0.25, 0.3) is 0 Å². The minimum atomic E-state index is -1.10. The number of aromatic hydroxyl groups is 1. The van der Waals surface area contributed by atoms with E-state index in [-0.39, 0.29) is 17.7 Å². The Balaban J connectivity index is 2.19. The van der Waals surface area contributed by atoms with Crippen LogP contribution < -0.4 is 5.32 Å². The number of halogens is 2. The first kappa shape index (κ1) is 13.8. The van der Waals surface area contributed by atoms with Gasteiger partial charge in [0.05, 0.1) is 5.56 Å². The van der Waals surface area contributed by atoms with E-state index in [1.807, 2.05) is 0 Å². The Labute approximate surface area is 113 Å². The lowest BCUT2D eigenvalue weighted by Crippen LogP contribution is -2.06. The molecule has 0 aliphatic carbocycles. The minimum Gasteiger partial charge on any atom is -0.503 e. The number of phenolic OH excluding ortho intramolecular Hbond substituents is 1. The van der Waals surface area contributed by atoms with Gasteiger partial charge < -0.3 is 15.5 Å². The number of carboxylic acid groups (broad SMARTS) is 1. The molecule has 0 fully saturated rings. The fourth-order valence-electron chi connectivity index (χ4n) is 1.74. The van der Waals surface area contributed by atoms with Crippen molar-refractivity contribution in [1.29, 1.82) is 0 Å². The molecule has 20 heavy (non-hydrogen) atoms. The number of anilines is 1. The second kappa shape index (κ2) is 5.56. The van der Waals surface area contributed by atoms with Crippen LogP contribution in [0.3, 0.4) is 0 Å². The predicted molar refractivity (Wildman–Crippen MR) is 68.8 cm³/mol. The van der Waals surface area contributed by atoms with E-state index in [0.29, 0.717) is 5.69 Å². The smallest absolute Gasteiger partial charge is 0.337 e. The Morgan fingerprint density at radius 1 is 1.15 bits per heavy atom. The van der Waals surface area contributed by atoms with Crippen LogP contribution in [0.15, 0.2) is 36.4 Å². The van der Waals surface area contributed by atoms with Gasteiger partial charge in [-0.25, -0.2) is 13.6 Å². The van der Waals surface area contributed by atoms with E-state index in [9.17, 15) is 13.6 Å². The largest absolute Gasteiger partial charge is 0.503 e. The van der Waals surface area contributed by atoms with Crippen LogP contribution in [0.5, 0.6) is 5.75 Å². The lowest BCUT2D eigenvalue weighted by Gasteiger charge is -2.10. The van der Waals surface area contributed by atoms with Crippen molar-refractivity contribution < 1.29 is 23.8 Å². The Kier molecular flexibility index (Phi) is 3.84. The summed E-state index contributed by atoms with van der Waals surface area (Å²) >= 11 is 0. The molecule has 0 aliphatic rings. The number of benzene rings is 2. The number of aromatic carboxylic acids is 1. The van der Waals surface area contributed by atoms with Crippen molar-refractivity contribution in [2.45, 2.75) is 6.54 Å². The van der Waals surface area contributed by atoms with Gasteiger partial charge in [-0.3, -0.25) is 0 Å². The van der Waals surface area contributed by atoms with Gasteiger partial charge in [0, 0.05) is 12.2 Å². The Hall–Kier alpha value is -2.63. The topological polar surface area (TPSA) is 69.6 Å². The summed E-state index contributed by atoms with van der Waals surface area (Å²) in [6.45, 7) is 0.0262. The molecule has 0 saturated heterocycles. The van der Waals surface area contributed by atoms with Crippen molar-refractivity contribution in [2.24, 2.45) is 0 Å². The van der Waals surface area contributed by atoms with Gasteiger partial charge >= 0.3 is 5.97 Å². The standard InChI is InChI=1S/C14H11F2NO3/c15-10-5-8(6-11(16)13(10)18)7-17-12-4-2-1-3-9(12)14(19)20/h1-6,17-18H,7H2,(H,19,20). The highest BCUT2D eigenvalue weighted by Gasteiger charge is 2.11. The summed E-state index contributed by atoms with van der Waals surface area (Å²) in [7, 11) is 0. The molecular formula is C14H11F2NO3. The summed E-state index contributed by atoms with van der Waals surface area (Å²) in [5.74, 6) is -4.25. The summed E-state index contributed by atoms with van der Waals surface area (Å²) in [4.78, 5) is 11.0. The van der Waals surface area contributed by atoms with E-state index in [1.165, 1.54) is 6.07 Å². The second-order valence-electron chi connectivity index (χ2n) is 4.11. The molecule has 2 aromatic rings. The quantitative estimate of drug-likeness (QED) is 0.804. The van der Waals surface area contributed by atoms with Crippen LogP contribution >= 0.6 is 0 Å². The van der Waals surface area contributed by atoms with E-state index < -0.39 is 23.4 Å². The number of para-hydroxylation sites is 1. The lowest BCUT2D eigenvalue weighted by atomic mass is 10.1. The first-order chi connectivity index (χ1) is 9.49. The average Bonchev–Trinajstić information content (AvgIpc) is 2.42. The number of rotatable bonds is 4. The third kappa shape index (κ3) is 2.85. The summed E-state index contributed by atoms with van der Waals surface area (Å²) in [5.41, 5.74) is 0.652. The van der Waals surface area contributed by atoms with Gasteiger partial charge in [-0.1, -0.05) is 12.1 Å². The van der Waals surface area contributed by atoms with Gasteiger partial charge in [-0.05, 0) is 29.8 Å². The molecule has 104 valence electrons. The normalized spacial score (nSPS) is 10.3. The second-order valence-corrected chi connectivity index (χ2v) is 4.11. The number of hydrogen-bond acceptors (Lipinski definition) is 3. The molecule has 0 heterocycles. The fraction of sp³-hybridized carbons (Fsp3) is 0.0714. The molecule has 0 atom stereocenters. The summed E-state index contributed by atoms with van der Waals surface area (Å²) < 4.78 is 26.3. The molecule has 0 aromatic heterocycles. The molecule has 2 aromatic carbocycles. The Morgan fingerprint density at radius 2 is 1.75 bits per heavy atom. The zero-order valence-electron chi connectivity index (χ0n) is 10.2. The summed E-state index contributed by atoms with van der Waals surface area (Å²) in [5, 5.41) is 20.8. The van der Waals surface area contributed by atoms with E-state index in [1.54, 1.807) is 18.2 Å². The molecule has 6 heteroatoms. The lowest BCUT2D eigenvalue weighted by molar-refractivity contribution is 0.0698. The number of nitrogens with one attached hydrogen (secondary N) is 1. The number of carboxylic acids is 1. The Morgan fingerprint density at radius 3 is 2.35 bits per heavy atom. The summed E-state index contributed by atoms with van der Waals surface area (Å²) in [6, 6.07) is 8.16. The monoisotopic (exact) mass is 279 g/mol. The molecule has 0 spiro atoms. The first-order valence-corrected chi connectivity index (χ1v) is 5.72. The van der Waals surface area contributed by atoms with E-state index in [2.05, 4.69) is 5.32 Å². The van der Waals surface area contributed by atoms with Gasteiger partial charge in [-0.15, -0.1) is 0 Å².